The molecular formula is C10H22N2O3S. The third-order valence-electron chi connectivity index (χ3n) is 2.40. The summed E-state index contributed by atoms with van der Waals surface area (Å²) in [6, 6.07) is 0. The lowest BCUT2D eigenvalue weighted by atomic mass is 10.0. The van der Waals surface area contributed by atoms with E-state index in [9.17, 15) is 13.2 Å². The number of amides is 1. The van der Waals surface area contributed by atoms with Crippen LogP contribution >= 0.6 is 0 Å². The van der Waals surface area contributed by atoms with Gasteiger partial charge in [-0.25, -0.2) is 8.42 Å². The lowest BCUT2D eigenvalue weighted by Gasteiger charge is -2.11. The minimum atomic E-state index is -3.48. The second-order valence-corrected chi connectivity index (χ2v) is 6.58. The number of carbonyl (C=O) groups is 1. The Morgan fingerprint density at radius 3 is 2.25 bits per heavy atom. The highest BCUT2D eigenvalue weighted by atomic mass is 32.2. The van der Waals surface area contributed by atoms with E-state index in [-0.39, 0.29) is 6.42 Å². The topological polar surface area (TPSA) is 89.3 Å². The van der Waals surface area contributed by atoms with Crippen molar-refractivity contribution in [3.8, 4) is 0 Å². The second kappa shape index (κ2) is 6.85. The van der Waals surface area contributed by atoms with Crippen LogP contribution in [0, 0.1) is 5.92 Å². The monoisotopic (exact) mass is 250 g/mol. The van der Waals surface area contributed by atoms with Crippen molar-refractivity contribution in [2.45, 2.75) is 45.3 Å². The van der Waals surface area contributed by atoms with E-state index in [2.05, 4.69) is 4.72 Å². The van der Waals surface area contributed by atoms with Gasteiger partial charge in [-0.15, -0.1) is 0 Å². The predicted octanol–water partition coefficient (Wildman–Crippen LogP) is 0.606. The Labute approximate surface area is 97.8 Å². The Morgan fingerprint density at radius 2 is 1.81 bits per heavy atom. The van der Waals surface area contributed by atoms with Gasteiger partial charge in [0.2, 0.25) is 15.9 Å². The molecule has 0 radical (unpaired) electrons. The number of hydrogen-bond donors (Lipinski definition) is 2. The molecule has 0 aromatic carbocycles. The van der Waals surface area contributed by atoms with Crippen molar-refractivity contribution in [2.75, 3.05) is 6.54 Å². The largest absolute Gasteiger partial charge is 0.330 e. The van der Waals surface area contributed by atoms with Crippen LogP contribution in [0.3, 0.4) is 0 Å². The summed E-state index contributed by atoms with van der Waals surface area (Å²) in [5.74, 6) is -0.0879. The minimum Gasteiger partial charge on any atom is -0.330 e. The Morgan fingerprint density at radius 1 is 1.25 bits per heavy atom. The maximum absolute atomic E-state index is 11.4. The van der Waals surface area contributed by atoms with Crippen LogP contribution in [0.4, 0.5) is 0 Å². The smallest absolute Gasteiger partial charge is 0.237 e. The first-order chi connectivity index (χ1) is 7.29. The van der Waals surface area contributed by atoms with Gasteiger partial charge in [-0.1, -0.05) is 6.92 Å². The van der Waals surface area contributed by atoms with Crippen LogP contribution in [0.5, 0.6) is 0 Å². The zero-order chi connectivity index (χ0) is 12.8. The molecule has 0 aliphatic heterocycles. The lowest BCUT2D eigenvalue weighted by Crippen LogP contribution is -2.35. The molecule has 0 saturated carbocycles. The van der Waals surface area contributed by atoms with Crippen LogP contribution in [-0.2, 0) is 14.8 Å². The molecule has 0 aliphatic rings. The normalized spacial score (nSPS) is 13.8. The van der Waals surface area contributed by atoms with Gasteiger partial charge in [0.1, 0.15) is 0 Å². The van der Waals surface area contributed by atoms with Crippen molar-refractivity contribution in [2.24, 2.45) is 11.7 Å². The first-order valence-electron chi connectivity index (χ1n) is 5.54. The molecule has 16 heavy (non-hydrogen) atoms. The van der Waals surface area contributed by atoms with Crippen LogP contribution in [0.25, 0.3) is 0 Å². The first-order valence-corrected chi connectivity index (χ1v) is 7.08. The number of rotatable bonds is 7. The average Bonchev–Trinajstić information content (AvgIpc) is 2.14. The molecule has 0 aromatic rings. The van der Waals surface area contributed by atoms with Gasteiger partial charge < -0.3 is 5.73 Å². The molecule has 0 rings (SSSR count). The Kier molecular flexibility index (Phi) is 6.59. The highest BCUT2D eigenvalue weighted by Crippen LogP contribution is 2.09. The van der Waals surface area contributed by atoms with E-state index in [0.717, 1.165) is 6.42 Å². The summed E-state index contributed by atoms with van der Waals surface area (Å²) in [6.45, 7) is 5.66. The third-order valence-corrected chi connectivity index (χ3v) is 4.15. The molecule has 0 saturated heterocycles. The number of hydrogen-bond acceptors (Lipinski definition) is 4. The molecule has 96 valence electrons. The summed E-state index contributed by atoms with van der Waals surface area (Å²) in [7, 11) is -3.48. The van der Waals surface area contributed by atoms with E-state index in [1.54, 1.807) is 0 Å². The van der Waals surface area contributed by atoms with E-state index < -0.39 is 21.2 Å². The predicted molar refractivity (Wildman–Crippen MR) is 64.3 cm³/mol. The summed E-state index contributed by atoms with van der Waals surface area (Å²) in [4.78, 5) is 11.4. The number of carbonyl (C=O) groups excluding carboxylic acids is 1. The van der Waals surface area contributed by atoms with Crippen molar-refractivity contribution in [3.05, 3.63) is 0 Å². The van der Waals surface area contributed by atoms with Crippen molar-refractivity contribution in [1.29, 1.82) is 0 Å². The standard InChI is InChI=1S/C10H22N2O3S/c1-8(2)16(14,15)12-10(13)5-4-9(3)6-7-11/h8-9H,4-7,11H2,1-3H3,(H,12,13). The van der Waals surface area contributed by atoms with Crippen LogP contribution in [-0.4, -0.2) is 26.1 Å². The van der Waals surface area contributed by atoms with Crippen molar-refractivity contribution in [3.63, 3.8) is 0 Å². The Bertz CT molecular complexity index is 312. The van der Waals surface area contributed by atoms with Gasteiger partial charge in [0.25, 0.3) is 0 Å². The fourth-order valence-electron chi connectivity index (χ4n) is 1.13. The summed E-state index contributed by atoms with van der Waals surface area (Å²) in [6.07, 6.45) is 1.74. The molecular weight excluding hydrogens is 228 g/mol. The zero-order valence-electron chi connectivity index (χ0n) is 10.2. The summed E-state index contributed by atoms with van der Waals surface area (Å²) in [5.41, 5.74) is 5.38. The van der Waals surface area contributed by atoms with Crippen molar-refractivity contribution >= 4 is 15.9 Å². The molecule has 1 atom stereocenters. The van der Waals surface area contributed by atoms with Gasteiger partial charge in [-0.05, 0) is 39.2 Å². The van der Waals surface area contributed by atoms with E-state index in [1.807, 2.05) is 6.92 Å². The highest BCUT2D eigenvalue weighted by Gasteiger charge is 2.18. The van der Waals surface area contributed by atoms with Crippen LogP contribution in [0.15, 0.2) is 0 Å². The van der Waals surface area contributed by atoms with E-state index >= 15 is 0 Å². The maximum atomic E-state index is 11.4. The number of nitrogens with two attached hydrogens (primary N) is 1. The molecule has 1 unspecified atom stereocenters. The molecule has 5 nitrogen and oxygen atoms in total. The minimum absolute atomic E-state index is 0.229. The van der Waals surface area contributed by atoms with Gasteiger partial charge in [-0.2, -0.15) is 0 Å². The Hall–Kier alpha value is -0.620. The molecule has 1 amide bonds. The van der Waals surface area contributed by atoms with Gasteiger partial charge in [0.05, 0.1) is 5.25 Å². The quantitative estimate of drug-likeness (QED) is 0.692. The Balaban J connectivity index is 4.01. The van der Waals surface area contributed by atoms with Gasteiger partial charge >= 0.3 is 0 Å². The number of sulfonamides is 1. The molecule has 6 heteroatoms. The van der Waals surface area contributed by atoms with Crippen LogP contribution in [0.2, 0.25) is 0 Å². The fourth-order valence-corrected chi connectivity index (χ4v) is 1.79. The summed E-state index contributed by atoms with van der Waals surface area (Å²) >= 11 is 0. The lowest BCUT2D eigenvalue weighted by molar-refractivity contribution is -0.119. The maximum Gasteiger partial charge on any atom is 0.237 e. The van der Waals surface area contributed by atoms with Crippen molar-refractivity contribution < 1.29 is 13.2 Å². The van der Waals surface area contributed by atoms with Crippen LogP contribution < -0.4 is 10.5 Å². The zero-order valence-corrected chi connectivity index (χ0v) is 11.0. The molecule has 0 aliphatic carbocycles. The molecule has 0 spiro atoms. The van der Waals surface area contributed by atoms with E-state index in [4.69, 9.17) is 5.73 Å². The second-order valence-electron chi connectivity index (χ2n) is 4.34. The first kappa shape index (κ1) is 15.4. The molecule has 0 fully saturated rings. The third kappa shape index (κ3) is 6.07. The molecule has 0 heterocycles. The van der Waals surface area contributed by atoms with E-state index in [0.29, 0.717) is 18.9 Å². The molecule has 3 N–H and O–H groups in total. The summed E-state index contributed by atoms with van der Waals surface area (Å²) < 4.78 is 24.8. The van der Waals surface area contributed by atoms with Crippen LogP contribution in [0.1, 0.15) is 40.0 Å². The highest BCUT2D eigenvalue weighted by molar-refractivity contribution is 7.90. The SMILES string of the molecule is CC(CCN)CCC(=O)NS(=O)(=O)C(C)C. The summed E-state index contributed by atoms with van der Waals surface area (Å²) in [5, 5.41) is -0.585. The molecule has 0 aromatic heterocycles. The van der Waals surface area contributed by atoms with Gasteiger partial charge in [-0.3, -0.25) is 9.52 Å². The molecule has 0 bridgehead atoms. The van der Waals surface area contributed by atoms with Crippen molar-refractivity contribution in [1.82, 2.24) is 4.72 Å². The van der Waals surface area contributed by atoms with Gasteiger partial charge in [0.15, 0.2) is 0 Å². The average molecular weight is 250 g/mol. The number of nitrogens with one attached hydrogen (secondary N) is 1. The fraction of sp³-hybridized carbons (Fsp3) is 0.900. The van der Waals surface area contributed by atoms with E-state index in [1.165, 1.54) is 13.8 Å². The van der Waals surface area contributed by atoms with Gasteiger partial charge in [0, 0.05) is 6.42 Å².